The average molecular weight is 215 g/mol. The molecule has 5 heteroatoms. The van der Waals surface area contributed by atoms with Gasteiger partial charge < -0.3 is 5.43 Å². The second-order valence-electron chi connectivity index (χ2n) is 4.00. The van der Waals surface area contributed by atoms with E-state index in [1.165, 1.54) is 5.57 Å². The summed E-state index contributed by atoms with van der Waals surface area (Å²) in [6.07, 6.45) is 7.67. The van der Waals surface area contributed by atoms with Crippen LogP contribution in [-0.4, -0.2) is 33.0 Å². The number of nitrogens with zero attached hydrogens (tertiary/aromatic N) is 4. The maximum absolute atomic E-state index is 4.40. The van der Waals surface area contributed by atoms with Crippen molar-refractivity contribution in [3.05, 3.63) is 36.2 Å². The summed E-state index contributed by atoms with van der Waals surface area (Å²) in [6, 6.07) is 0. The molecular weight excluding hydrogens is 202 g/mol. The number of imidazole rings is 1. The van der Waals surface area contributed by atoms with E-state index in [4.69, 9.17) is 0 Å². The van der Waals surface area contributed by atoms with Crippen molar-refractivity contribution in [2.45, 2.75) is 6.92 Å². The van der Waals surface area contributed by atoms with Crippen LogP contribution in [0.5, 0.6) is 0 Å². The fraction of sp³-hybridized carbons (Fsp3) is 0.273. The molecule has 0 aliphatic carbocycles. The Morgan fingerprint density at radius 1 is 1.38 bits per heavy atom. The van der Waals surface area contributed by atoms with Gasteiger partial charge >= 0.3 is 0 Å². The summed E-state index contributed by atoms with van der Waals surface area (Å²) in [5, 5.41) is 2.03. The van der Waals surface area contributed by atoms with Gasteiger partial charge in [-0.15, -0.1) is 0 Å². The Kier molecular flexibility index (Phi) is 1.94. The lowest BCUT2D eigenvalue weighted by Gasteiger charge is -2.07. The first-order valence-electron chi connectivity index (χ1n) is 5.21. The van der Waals surface area contributed by atoms with Crippen LogP contribution in [0.4, 0.5) is 0 Å². The van der Waals surface area contributed by atoms with Gasteiger partial charge in [-0.25, -0.2) is 9.99 Å². The molecule has 0 bridgehead atoms. The topological polar surface area (TPSA) is 45.5 Å². The van der Waals surface area contributed by atoms with E-state index in [1.54, 1.807) is 6.20 Å². The van der Waals surface area contributed by atoms with Crippen LogP contribution in [0.25, 0.3) is 11.2 Å². The Morgan fingerprint density at radius 2 is 2.25 bits per heavy atom. The molecule has 0 radical (unpaired) electrons. The van der Waals surface area contributed by atoms with Crippen LogP contribution < -0.4 is 5.43 Å². The van der Waals surface area contributed by atoms with E-state index in [0.29, 0.717) is 0 Å². The third-order valence-corrected chi connectivity index (χ3v) is 2.80. The van der Waals surface area contributed by atoms with E-state index in [1.807, 2.05) is 37.6 Å². The number of likely N-dealkylation sites (N-methyl/N-ethyl adjacent to an activating group) is 1. The number of hydrogen-bond acceptors (Lipinski definition) is 4. The Hall–Kier alpha value is -1.88. The second-order valence-corrected chi connectivity index (χ2v) is 4.00. The van der Waals surface area contributed by atoms with Crippen LogP contribution in [0.2, 0.25) is 0 Å². The van der Waals surface area contributed by atoms with Crippen molar-refractivity contribution in [1.29, 1.82) is 0 Å². The van der Waals surface area contributed by atoms with E-state index in [-0.39, 0.29) is 0 Å². The van der Waals surface area contributed by atoms with Crippen LogP contribution in [-0.2, 0) is 0 Å². The van der Waals surface area contributed by atoms with Crippen molar-refractivity contribution in [3.63, 3.8) is 0 Å². The number of rotatable bonds is 1. The van der Waals surface area contributed by atoms with Gasteiger partial charge in [0.15, 0.2) is 5.65 Å². The molecule has 1 aliphatic heterocycles. The third-order valence-electron chi connectivity index (χ3n) is 2.80. The quantitative estimate of drug-likeness (QED) is 0.765. The van der Waals surface area contributed by atoms with Gasteiger partial charge in [-0.3, -0.25) is 9.38 Å². The SMILES string of the molecule is Cc1nccn2c(C3=CNN(C)C3)cnc12. The molecule has 82 valence electrons. The number of hydrazine groups is 1. The largest absolute Gasteiger partial charge is 0.326 e. The van der Waals surface area contributed by atoms with E-state index < -0.39 is 0 Å². The minimum Gasteiger partial charge on any atom is -0.326 e. The summed E-state index contributed by atoms with van der Waals surface area (Å²) in [6.45, 7) is 2.86. The molecule has 5 nitrogen and oxygen atoms in total. The van der Waals surface area contributed by atoms with Gasteiger partial charge in [-0.1, -0.05) is 0 Å². The van der Waals surface area contributed by atoms with Crippen LogP contribution >= 0.6 is 0 Å². The first-order valence-corrected chi connectivity index (χ1v) is 5.21. The number of aromatic nitrogens is 3. The molecule has 0 fully saturated rings. The van der Waals surface area contributed by atoms with Crippen molar-refractivity contribution in [2.24, 2.45) is 0 Å². The normalized spacial score (nSPS) is 16.5. The van der Waals surface area contributed by atoms with Gasteiger partial charge in [0, 0.05) is 37.8 Å². The number of aryl methyl sites for hydroxylation is 1. The van der Waals surface area contributed by atoms with E-state index in [2.05, 4.69) is 19.8 Å². The Morgan fingerprint density at radius 3 is 3.00 bits per heavy atom. The predicted molar refractivity (Wildman–Crippen MR) is 61.5 cm³/mol. The summed E-state index contributed by atoms with van der Waals surface area (Å²) in [7, 11) is 2.01. The lowest BCUT2D eigenvalue weighted by Crippen LogP contribution is -2.24. The number of nitrogens with one attached hydrogen (secondary N) is 1. The molecule has 1 N–H and O–H groups in total. The molecule has 16 heavy (non-hydrogen) atoms. The minimum atomic E-state index is 0.884. The van der Waals surface area contributed by atoms with Gasteiger partial charge in [0.2, 0.25) is 0 Å². The monoisotopic (exact) mass is 215 g/mol. The van der Waals surface area contributed by atoms with E-state index in [9.17, 15) is 0 Å². The molecule has 0 atom stereocenters. The highest BCUT2D eigenvalue weighted by Crippen LogP contribution is 2.19. The molecular formula is C11H13N5. The van der Waals surface area contributed by atoms with Gasteiger partial charge in [-0.2, -0.15) is 0 Å². The number of fused-ring (bicyclic) bond motifs is 1. The molecule has 3 heterocycles. The van der Waals surface area contributed by atoms with Crippen LogP contribution in [0, 0.1) is 6.92 Å². The predicted octanol–water partition coefficient (Wildman–Crippen LogP) is 0.829. The highest BCUT2D eigenvalue weighted by Gasteiger charge is 2.15. The number of hydrogen-bond donors (Lipinski definition) is 1. The molecule has 2 aromatic rings. The average Bonchev–Trinajstić information content (AvgIpc) is 2.84. The van der Waals surface area contributed by atoms with Crippen LogP contribution in [0.1, 0.15) is 11.4 Å². The molecule has 0 amide bonds. The maximum atomic E-state index is 4.40. The van der Waals surface area contributed by atoms with Crippen molar-refractivity contribution in [1.82, 2.24) is 24.8 Å². The molecule has 0 aromatic carbocycles. The minimum absolute atomic E-state index is 0.884. The molecule has 0 spiro atoms. The summed E-state index contributed by atoms with van der Waals surface area (Å²) in [5.74, 6) is 0. The van der Waals surface area contributed by atoms with Crippen LogP contribution in [0.3, 0.4) is 0 Å². The summed E-state index contributed by atoms with van der Waals surface area (Å²) in [4.78, 5) is 8.63. The van der Waals surface area contributed by atoms with Crippen molar-refractivity contribution >= 4 is 11.2 Å². The summed E-state index contributed by atoms with van der Waals surface area (Å²) < 4.78 is 2.08. The van der Waals surface area contributed by atoms with Crippen molar-refractivity contribution in [3.8, 4) is 0 Å². The van der Waals surface area contributed by atoms with Gasteiger partial charge in [0.25, 0.3) is 0 Å². The van der Waals surface area contributed by atoms with Crippen molar-refractivity contribution in [2.75, 3.05) is 13.6 Å². The fourth-order valence-corrected chi connectivity index (χ4v) is 1.98. The maximum Gasteiger partial charge on any atom is 0.158 e. The zero-order valence-corrected chi connectivity index (χ0v) is 9.31. The Balaban J connectivity index is 2.15. The Bertz CT molecular complexity index is 569. The standard InChI is InChI=1S/C11H13N5/c1-8-11-13-6-10(16(11)4-3-12-8)9-5-14-15(2)7-9/h3-6,14H,7H2,1-2H3. The lowest BCUT2D eigenvalue weighted by atomic mass is 10.2. The van der Waals surface area contributed by atoms with Crippen molar-refractivity contribution < 1.29 is 0 Å². The molecule has 0 saturated heterocycles. The molecule has 0 unspecified atom stereocenters. The second kappa shape index (κ2) is 3.31. The lowest BCUT2D eigenvalue weighted by molar-refractivity contribution is 0.334. The van der Waals surface area contributed by atoms with Gasteiger partial charge in [0.05, 0.1) is 17.6 Å². The zero-order chi connectivity index (χ0) is 11.1. The van der Waals surface area contributed by atoms with Gasteiger partial charge in [-0.05, 0) is 6.92 Å². The van der Waals surface area contributed by atoms with E-state index >= 15 is 0 Å². The zero-order valence-electron chi connectivity index (χ0n) is 9.31. The summed E-state index contributed by atoms with van der Waals surface area (Å²) in [5.41, 5.74) is 7.39. The smallest absolute Gasteiger partial charge is 0.158 e. The molecule has 0 saturated carbocycles. The molecule has 3 rings (SSSR count). The highest BCUT2D eigenvalue weighted by atomic mass is 15.5. The van der Waals surface area contributed by atoms with E-state index in [0.717, 1.165) is 23.6 Å². The Labute approximate surface area is 93.4 Å². The first kappa shape index (κ1) is 9.35. The summed E-state index contributed by atoms with van der Waals surface area (Å²) >= 11 is 0. The van der Waals surface area contributed by atoms with Gasteiger partial charge in [0.1, 0.15) is 0 Å². The first-order chi connectivity index (χ1) is 7.75. The third kappa shape index (κ3) is 1.29. The fourth-order valence-electron chi connectivity index (χ4n) is 1.98. The van der Waals surface area contributed by atoms with Crippen LogP contribution in [0.15, 0.2) is 24.8 Å². The molecule has 2 aromatic heterocycles. The molecule has 1 aliphatic rings. The highest BCUT2D eigenvalue weighted by molar-refractivity contribution is 5.68.